The van der Waals surface area contributed by atoms with E-state index in [1.165, 1.54) is 0 Å². The van der Waals surface area contributed by atoms with Crippen molar-refractivity contribution in [1.82, 2.24) is 14.9 Å². The number of pyridine rings is 1. The third-order valence-electron chi connectivity index (χ3n) is 3.24. The Kier molecular flexibility index (Phi) is 4.32. The molecule has 19 heavy (non-hydrogen) atoms. The minimum atomic E-state index is -0.580. The summed E-state index contributed by atoms with van der Waals surface area (Å²) >= 11 is 11.9. The van der Waals surface area contributed by atoms with Crippen molar-refractivity contribution in [1.29, 1.82) is 0 Å². The summed E-state index contributed by atoms with van der Waals surface area (Å²) in [7, 11) is 0. The van der Waals surface area contributed by atoms with Crippen LogP contribution in [0, 0.1) is 0 Å². The number of alkyl halides is 2. The normalized spacial score (nSPS) is 11.7. The summed E-state index contributed by atoms with van der Waals surface area (Å²) in [4.78, 5) is 12.3. The number of aromatic nitrogens is 2. The topological polar surface area (TPSA) is 46.4 Å². The van der Waals surface area contributed by atoms with E-state index in [0.717, 1.165) is 5.52 Å². The van der Waals surface area contributed by atoms with E-state index in [-0.39, 0.29) is 17.7 Å². The molecule has 0 bridgehead atoms. The van der Waals surface area contributed by atoms with E-state index in [9.17, 15) is 4.79 Å². The lowest BCUT2D eigenvalue weighted by Crippen LogP contribution is -2.51. The second-order valence-electron chi connectivity index (χ2n) is 4.44. The molecule has 2 heterocycles. The summed E-state index contributed by atoms with van der Waals surface area (Å²) in [6.07, 6.45) is 4.01. The highest BCUT2D eigenvalue weighted by Crippen LogP contribution is 2.17. The van der Waals surface area contributed by atoms with Crippen molar-refractivity contribution in [3.05, 3.63) is 36.2 Å². The second-order valence-corrected chi connectivity index (χ2v) is 4.98. The number of carbonyl (C=O) groups is 1. The van der Waals surface area contributed by atoms with E-state index in [0.29, 0.717) is 12.0 Å². The van der Waals surface area contributed by atoms with Crippen LogP contribution < -0.4 is 5.32 Å². The van der Waals surface area contributed by atoms with E-state index in [4.69, 9.17) is 23.2 Å². The molecule has 2 aromatic rings. The molecule has 0 spiro atoms. The standard InChI is InChI=1S/C13H15Cl2N3O/c1-2-13(8-14,9-15)17-12(19)10-7-16-18-6-4-3-5-11(10)18/h3-7H,2,8-9H2,1H3,(H,17,19). The quantitative estimate of drug-likeness (QED) is 0.863. The van der Waals surface area contributed by atoms with E-state index in [1.807, 2.05) is 25.1 Å². The Morgan fingerprint density at radius 1 is 1.42 bits per heavy atom. The lowest BCUT2D eigenvalue weighted by Gasteiger charge is -2.29. The molecule has 0 aliphatic rings. The van der Waals surface area contributed by atoms with Gasteiger partial charge < -0.3 is 5.32 Å². The number of halogens is 2. The summed E-state index contributed by atoms with van der Waals surface area (Å²) in [6.45, 7) is 1.95. The van der Waals surface area contributed by atoms with Crippen LogP contribution in [0.3, 0.4) is 0 Å². The van der Waals surface area contributed by atoms with Crippen LogP contribution >= 0.6 is 23.2 Å². The Morgan fingerprint density at radius 3 is 2.79 bits per heavy atom. The second kappa shape index (κ2) is 5.80. The van der Waals surface area contributed by atoms with Crippen LogP contribution in [0.25, 0.3) is 5.52 Å². The van der Waals surface area contributed by atoms with Crippen molar-refractivity contribution in [2.45, 2.75) is 18.9 Å². The third kappa shape index (κ3) is 2.69. The van der Waals surface area contributed by atoms with Crippen LogP contribution in [0.4, 0.5) is 0 Å². The van der Waals surface area contributed by atoms with E-state index >= 15 is 0 Å². The van der Waals surface area contributed by atoms with Crippen LogP contribution in [0.15, 0.2) is 30.6 Å². The fourth-order valence-corrected chi connectivity index (χ4v) is 2.59. The molecule has 0 fully saturated rings. The Morgan fingerprint density at radius 2 is 2.16 bits per heavy atom. The first kappa shape index (κ1) is 14.2. The molecule has 0 saturated carbocycles. The number of amides is 1. The number of rotatable bonds is 5. The van der Waals surface area contributed by atoms with Crippen molar-refractivity contribution < 1.29 is 4.79 Å². The van der Waals surface area contributed by atoms with Crippen molar-refractivity contribution in [3.63, 3.8) is 0 Å². The molecule has 1 amide bonds. The van der Waals surface area contributed by atoms with E-state index in [1.54, 1.807) is 16.9 Å². The minimum absolute atomic E-state index is 0.204. The van der Waals surface area contributed by atoms with Crippen LogP contribution in [0.1, 0.15) is 23.7 Å². The summed E-state index contributed by atoms with van der Waals surface area (Å²) < 4.78 is 1.66. The number of fused-ring (bicyclic) bond motifs is 1. The number of hydrogen-bond donors (Lipinski definition) is 1. The number of carbonyl (C=O) groups excluding carboxylic acids is 1. The number of nitrogens with one attached hydrogen (secondary N) is 1. The summed E-state index contributed by atoms with van der Waals surface area (Å²) in [5.74, 6) is 0.347. The van der Waals surface area contributed by atoms with Gasteiger partial charge in [-0.1, -0.05) is 13.0 Å². The Bertz CT molecular complexity index is 570. The van der Waals surface area contributed by atoms with Gasteiger partial charge in [0, 0.05) is 18.0 Å². The largest absolute Gasteiger partial charge is 0.344 e. The molecule has 0 radical (unpaired) electrons. The van der Waals surface area contributed by atoms with E-state index in [2.05, 4.69) is 10.4 Å². The van der Waals surface area contributed by atoms with Gasteiger partial charge in [-0.3, -0.25) is 4.79 Å². The van der Waals surface area contributed by atoms with Crippen LogP contribution in [-0.2, 0) is 0 Å². The predicted octanol–water partition coefficient (Wildman–Crippen LogP) is 2.69. The molecule has 6 heteroatoms. The molecule has 0 unspecified atom stereocenters. The fourth-order valence-electron chi connectivity index (χ4n) is 1.80. The van der Waals surface area contributed by atoms with Gasteiger partial charge in [0.25, 0.3) is 5.91 Å². The lowest BCUT2D eigenvalue weighted by atomic mass is 10.0. The van der Waals surface area contributed by atoms with Gasteiger partial charge in [-0.05, 0) is 18.6 Å². The van der Waals surface area contributed by atoms with Crippen molar-refractivity contribution >= 4 is 34.6 Å². The maximum Gasteiger partial charge on any atom is 0.255 e. The molecule has 102 valence electrons. The highest BCUT2D eigenvalue weighted by Gasteiger charge is 2.29. The van der Waals surface area contributed by atoms with Gasteiger partial charge in [-0.2, -0.15) is 5.10 Å². The predicted molar refractivity (Wildman–Crippen MR) is 77.1 cm³/mol. The highest BCUT2D eigenvalue weighted by atomic mass is 35.5. The summed E-state index contributed by atoms with van der Waals surface area (Å²) in [5, 5.41) is 7.06. The van der Waals surface area contributed by atoms with Crippen LogP contribution in [0.5, 0.6) is 0 Å². The zero-order valence-corrected chi connectivity index (χ0v) is 12.1. The Labute approximate surface area is 121 Å². The molecule has 4 nitrogen and oxygen atoms in total. The average molecular weight is 300 g/mol. The van der Waals surface area contributed by atoms with Gasteiger partial charge in [0.1, 0.15) is 0 Å². The van der Waals surface area contributed by atoms with Gasteiger partial charge in [-0.15, -0.1) is 23.2 Å². The van der Waals surface area contributed by atoms with Gasteiger partial charge in [-0.25, -0.2) is 4.52 Å². The summed E-state index contributed by atoms with van der Waals surface area (Å²) in [6, 6.07) is 5.57. The first-order valence-electron chi connectivity index (χ1n) is 6.02. The molecule has 1 N–H and O–H groups in total. The SMILES string of the molecule is CCC(CCl)(CCl)NC(=O)c1cnn2ccccc12. The van der Waals surface area contributed by atoms with Gasteiger partial charge in [0.05, 0.1) is 22.8 Å². The van der Waals surface area contributed by atoms with Crippen LogP contribution in [-0.4, -0.2) is 32.8 Å². The molecule has 0 aliphatic carbocycles. The molecular weight excluding hydrogens is 285 g/mol. The average Bonchev–Trinajstić information content (AvgIpc) is 2.89. The number of hydrogen-bond acceptors (Lipinski definition) is 2. The molecule has 2 aromatic heterocycles. The number of nitrogens with zero attached hydrogens (tertiary/aromatic N) is 2. The maximum absolute atomic E-state index is 12.3. The molecule has 0 atom stereocenters. The lowest BCUT2D eigenvalue weighted by molar-refractivity contribution is 0.0915. The maximum atomic E-state index is 12.3. The molecule has 0 aliphatic heterocycles. The smallest absolute Gasteiger partial charge is 0.255 e. The molecule has 0 aromatic carbocycles. The first-order valence-corrected chi connectivity index (χ1v) is 7.09. The highest BCUT2D eigenvalue weighted by molar-refractivity contribution is 6.22. The summed E-state index contributed by atoms with van der Waals surface area (Å²) in [5.41, 5.74) is 0.700. The Hall–Kier alpha value is -1.26. The van der Waals surface area contributed by atoms with Gasteiger partial charge >= 0.3 is 0 Å². The zero-order chi connectivity index (χ0) is 13.9. The monoisotopic (exact) mass is 299 g/mol. The first-order chi connectivity index (χ1) is 9.15. The minimum Gasteiger partial charge on any atom is -0.344 e. The van der Waals surface area contributed by atoms with Crippen LogP contribution in [0.2, 0.25) is 0 Å². The fraction of sp³-hybridized carbons (Fsp3) is 0.385. The van der Waals surface area contributed by atoms with Gasteiger partial charge in [0.15, 0.2) is 0 Å². The third-order valence-corrected chi connectivity index (χ3v) is 4.26. The molecule has 2 rings (SSSR count). The molecular formula is C13H15Cl2N3O. The van der Waals surface area contributed by atoms with Crippen molar-refractivity contribution in [2.24, 2.45) is 0 Å². The van der Waals surface area contributed by atoms with E-state index < -0.39 is 5.54 Å². The molecule has 0 saturated heterocycles. The van der Waals surface area contributed by atoms with Crippen molar-refractivity contribution in [3.8, 4) is 0 Å². The zero-order valence-electron chi connectivity index (χ0n) is 10.6. The van der Waals surface area contributed by atoms with Gasteiger partial charge in [0.2, 0.25) is 0 Å². The van der Waals surface area contributed by atoms with Crippen molar-refractivity contribution in [2.75, 3.05) is 11.8 Å². The Balaban J connectivity index is 2.29.